The van der Waals surface area contributed by atoms with Crippen molar-refractivity contribution in [1.82, 2.24) is 5.32 Å². The molecule has 0 heterocycles. The van der Waals surface area contributed by atoms with E-state index in [1.807, 2.05) is 0 Å². The van der Waals surface area contributed by atoms with E-state index in [0.717, 1.165) is 24.8 Å². The number of aryl methyl sites for hydroxylation is 1. The first-order chi connectivity index (χ1) is 8.60. The highest BCUT2D eigenvalue weighted by atomic mass is 19.1. The van der Waals surface area contributed by atoms with Crippen molar-refractivity contribution in [3.63, 3.8) is 0 Å². The van der Waals surface area contributed by atoms with Gasteiger partial charge in [-0.05, 0) is 43.9 Å². The Morgan fingerprint density at radius 3 is 2.83 bits per heavy atom. The number of halogens is 1. The highest BCUT2D eigenvalue weighted by Crippen LogP contribution is 2.22. The van der Waals surface area contributed by atoms with Gasteiger partial charge in [0.2, 0.25) is 0 Å². The van der Waals surface area contributed by atoms with Crippen molar-refractivity contribution >= 4 is 5.91 Å². The van der Waals surface area contributed by atoms with Crippen LogP contribution in [0.4, 0.5) is 4.39 Å². The smallest absolute Gasteiger partial charge is 0.254 e. The summed E-state index contributed by atoms with van der Waals surface area (Å²) in [6.07, 6.45) is 2.84. The zero-order valence-corrected chi connectivity index (χ0v) is 10.7. The average Bonchev–Trinajstić information content (AvgIpc) is 2.76. The van der Waals surface area contributed by atoms with Gasteiger partial charge in [-0.25, -0.2) is 4.39 Å². The van der Waals surface area contributed by atoms with Gasteiger partial charge in [0.15, 0.2) is 0 Å². The van der Waals surface area contributed by atoms with Gasteiger partial charge in [-0.15, -0.1) is 0 Å². The Hall–Kier alpha value is -1.42. The molecule has 1 aromatic rings. The molecule has 1 fully saturated rings. The summed E-state index contributed by atoms with van der Waals surface area (Å²) in [5, 5.41) is 2.86. The summed E-state index contributed by atoms with van der Waals surface area (Å²) in [7, 11) is 1.68. The first-order valence-electron chi connectivity index (χ1n) is 6.20. The van der Waals surface area contributed by atoms with E-state index in [4.69, 9.17) is 4.74 Å². The van der Waals surface area contributed by atoms with E-state index in [1.54, 1.807) is 20.1 Å². The Morgan fingerprint density at radius 2 is 2.22 bits per heavy atom. The lowest BCUT2D eigenvalue weighted by Gasteiger charge is -2.13. The molecular formula is C14H18FNO2. The zero-order valence-electron chi connectivity index (χ0n) is 10.7. The predicted octanol–water partition coefficient (Wildman–Crippen LogP) is 2.43. The maximum absolute atomic E-state index is 13.6. The van der Waals surface area contributed by atoms with Crippen molar-refractivity contribution in [3.8, 4) is 0 Å². The van der Waals surface area contributed by atoms with Crippen molar-refractivity contribution in [3.05, 3.63) is 35.1 Å². The molecule has 0 saturated heterocycles. The molecular weight excluding hydrogens is 233 g/mol. The van der Waals surface area contributed by atoms with Crippen LogP contribution in [0.1, 0.15) is 35.2 Å². The van der Waals surface area contributed by atoms with Crippen LogP contribution >= 0.6 is 0 Å². The van der Waals surface area contributed by atoms with Crippen molar-refractivity contribution in [2.24, 2.45) is 0 Å². The number of hydrogen-bond donors (Lipinski definition) is 1. The Morgan fingerprint density at radius 1 is 1.44 bits per heavy atom. The largest absolute Gasteiger partial charge is 0.381 e. The summed E-state index contributed by atoms with van der Waals surface area (Å²) >= 11 is 0. The van der Waals surface area contributed by atoms with Crippen molar-refractivity contribution < 1.29 is 13.9 Å². The lowest BCUT2D eigenvalue weighted by molar-refractivity contribution is 0.0911. The number of benzene rings is 1. The van der Waals surface area contributed by atoms with Crippen LogP contribution in [-0.2, 0) is 4.74 Å². The average molecular weight is 251 g/mol. The Bertz CT molecular complexity index is 447. The van der Waals surface area contributed by atoms with Crippen molar-refractivity contribution in [2.75, 3.05) is 7.11 Å². The molecule has 98 valence electrons. The third-order valence-electron chi connectivity index (χ3n) is 3.42. The molecule has 0 aliphatic heterocycles. The first kappa shape index (κ1) is 13.0. The number of hydrogen-bond acceptors (Lipinski definition) is 2. The summed E-state index contributed by atoms with van der Waals surface area (Å²) in [6.45, 7) is 1.80. The van der Waals surface area contributed by atoms with E-state index in [0.29, 0.717) is 0 Å². The van der Waals surface area contributed by atoms with Gasteiger partial charge in [-0.2, -0.15) is 0 Å². The molecule has 2 atom stereocenters. The number of amides is 1. The number of rotatable bonds is 3. The molecule has 1 aliphatic carbocycles. The third kappa shape index (κ3) is 2.88. The third-order valence-corrected chi connectivity index (χ3v) is 3.42. The topological polar surface area (TPSA) is 38.3 Å². The van der Waals surface area contributed by atoms with Gasteiger partial charge in [0.1, 0.15) is 5.82 Å². The number of ether oxygens (including phenoxy) is 1. The van der Waals surface area contributed by atoms with Crippen LogP contribution in [0.5, 0.6) is 0 Å². The Balaban J connectivity index is 2.00. The quantitative estimate of drug-likeness (QED) is 0.896. The van der Waals surface area contributed by atoms with Gasteiger partial charge in [0.25, 0.3) is 5.91 Å². The minimum absolute atomic E-state index is 0.0863. The Kier molecular flexibility index (Phi) is 3.97. The highest BCUT2D eigenvalue weighted by Gasteiger charge is 2.26. The summed E-state index contributed by atoms with van der Waals surface area (Å²) in [4.78, 5) is 11.9. The van der Waals surface area contributed by atoms with E-state index in [9.17, 15) is 9.18 Å². The minimum Gasteiger partial charge on any atom is -0.381 e. The lowest BCUT2D eigenvalue weighted by atomic mass is 10.1. The van der Waals surface area contributed by atoms with Gasteiger partial charge < -0.3 is 10.1 Å². The second-order valence-corrected chi connectivity index (χ2v) is 4.82. The van der Waals surface area contributed by atoms with Gasteiger partial charge in [0, 0.05) is 13.2 Å². The maximum atomic E-state index is 13.6. The molecule has 1 saturated carbocycles. The van der Waals surface area contributed by atoms with E-state index >= 15 is 0 Å². The van der Waals surface area contributed by atoms with Crippen LogP contribution in [0.15, 0.2) is 18.2 Å². The molecule has 0 bridgehead atoms. The lowest BCUT2D eigenvalue weighted by Crippen LogP contribution is -2.33. The highest BCUT2D eigenvalue weighted by molar-refractivity contribution is 5.94. The van der Waals surface area contributed by atoms with E-state index < -0.39 is 5.82 Å². The van der Waals surface area contributed by atoms with E-state index in [-0.39, 0.29) is 23.6 Å². The molecule has 1 aliphatic rings. The first-order valence-corrected chi connectivity index (χ1v) is 6.20. The van der Waals surface area contributed by atoms with Crippen molar-refractivity contribution in [1.29, 1.82) is 0 Å². The molecule has 4 heteroatoms. The standard InChI is InChI=1S/C14H18FNO2/c1-9-3-6-12(13(15)7-9)14(17)16-10-4-5-11(8-10)18-2/h3,6-7,10-11H,4-5,8H2,1-2H3,(H,16,17). The molecule has 3 nitrogen and oxygen atoms in total. The molecule has 1 aromatic carbocycles. The summed E-state index contributed by atoms with van der Waals surface area (Å²) in [5.41, 5.74) is 0.922. The van der Waals surface area contributed by atoms with Crippen molar-refractivity contribution in [2.45, 2.75) is 38.3 Å². The molecule has 18 heavy (non-hydrogen) atoms. The fourth-order valence-corrected chi connectivity index (χ4v) is 2.35. The molecule has 0 aromatic heterocycles. The van der Waals surface area contributed by atoms with Crippen LogP contribution in [0, 0.1) is 12.7 Å². The number of nitrogens with one attached hydrogen (secondary N) is 1. The molecule has 1 N–H and O–H groups in total. The Labute approximate surface area is 106 Å². The van der Waals surface area contributed by atoms with Gasteiger partial charge in [-0.1, -0.05) is 6.07 Å². The predicted molar refractivity (Wildman–Crippen MR) is 67.0 cm³/mol. The molecule has 2 rings (SSSR count). The second-order valence-electron chi connectivity index (χ2n) is 4.82. The summed E-state index contributed by atoms with van der Waals surface area (Å²) in [5.74, 6) is -0.803. The molecule has 1 amide bonds. The zero-order chi connectivity index (χ0) is 13.1. The minimum atomic E-state index is -0.464. The monoisotopic (exact) mass is 251 g/mol. The molecule has 2 unspecified atom stereocenters. The SMILES string of the molecule is COC1CCC(NC(=O)c2ccc(C)cc2F)C1. The number of methoxy groups -OCH3 is 1. The second kappa shape index (κ2) is 5.48. The number of carbonyl (C=O) groups is 1. The molecule has 0 spiro atoms. The van der Waals surface area contributed by atoms with Gasteiger partial charge >= 0.3 is 0 Å². The van der Waals surface area contributed by atoms with Crippen LogP contribution in [-0.4, -0.2) is 25.2 Å². The van der Waals surface area contributed by atoms with E-state index in [2.05, 4.69) is 5.32 Å². The van der Waals surface area contributed by atoms with Gasteiger partial charge in [0.05, 0.1) is 11.7 Å². The summed E-state index contributed by atoms with van der Waals surface area (Å²) in [6, 6.07) is 4.73. The summed E-state index contributed by atoms with van der Waals surface area (Å²) < 4.78 is 18.9. The van der Waals surface area contributed by atoms with Crippen LogP contribution in [0.25, 0.3) is 0 Å². The van der Waals surface area contributed by atoms with E-state index in [1.165, 1.54) is 12.1 Å². The fraction of sp³-hybridized carbons (Fsp3) is 0.500. The fourth-order valence-electron chi connectivity index (χ4n) is 2.35. The van der Waals surface area contributed by atoms with Crippen LogP contribution in [0.2, 0.25) is 0 Å². The number of carbonyl (C=O) groups excluding carboxylic acids is 1. The van der Waals surface area contributed by atoms with Gasteiger partial charge in [-0.3, -0.25) is 4.79 Å². The molecule has 0 radical (unpaired) electrons. The van der Waals surface area contributed by atoms with Crippen LogP contribution in [0.3, 0.4) is 0 Å². The normalized spacial score (nSPS) is 23.1. The van der Waals surface area contributed by atoms with Crippen LogP contribution < -0.4 is 5.32 Å². The maximum Gasteiger partial charge on any atom is 0.254 e.